The van der Waals surface area contributed by atoms with Crippen LogP contribution in [0.25, 0.3) is 0 Å². The molecule has 0 unspecified atom stereocenters. The molecule has 0 aromatic carbocycles. The number of morpholine rings is 1. The van der Waals surface area contributed by atoms with Crippen LogP contribution in [0.4, 0.5) is 0 Å². The monoisotopic (exact) mass is 187 g/mol. The minimum Gasteiger partial charge on any atom is -0.390 e. The van der Waals surface area contributed by atoms with E-state index in [1.165, 1.54) is 0 Å². The van der Waals surface area contributed by atoms with Crippen molar-refractivity contribution in [3.05, 3.63) is 0 Å². The number of hydrogen-bond acceptors (Lipinski definition) is 5. The van der Waals surface area contributed by atoms with Crippen LogP contribution in [0.2, 0.25) is 0 Å². The van der Waals surface area contributed by atoms with Crippen molar-refractivity contribution >= 4 is 0 Å². The van der Waals surface area contributed by atoms with Gasteiger partial charge in [-0.25, -0.2) is 10.4 Å². The van der Waals surface area contributed by atoms with Gasteiger partial charge in [0.15, 0.2) is 0 Å². The molecule has 5 nitrogen and oxygen atoms in total. The third kappa shape index (κ3) is 2.38. The summed E-state index contributed by atoms with van der Waals surface area (Å²) >= 11 is 0. The largest absolute Gasteiger partial charge is 0.390 e. The second kappa shape index (κ2) is 4.34. The zero-order valence-electron chi connectivity index (χ0n) is 7.70. The molecule has 0 bridgehead atoms. The standard InChI is InChI=1S/C8H17N3O2/c12-8-6-9-5-7(8)10-11-1-3-13-4-2-11/h7-10,12H,1-6H2/t7-,8-/m1/s1. The molecule has 5 heteroatoms. The topological polar surface area (TPSA) is 56.8 Å². The summed E-state index contributed by atoms with van der Waals surface area (Å²) in [4.78, 5) is 0. The predicted octanol–water partition coefficient (Wildman–Crippen LogP) is -1.84. The van der Waals surface area contributed by atoms with E-state index >= 15 is 0 Å². The minimum atomic E-state index is -0.261. The smallest absolute Gasteiger partial charge is 0.0843 e. The lowest BCUT2D eigenvalue weighted by Crippen LogP contribution is -2.53. The Balaban J connectivity index is 1.75. The highest BCUT2D eigenvalue weighted by Crippen LogP contribution is 2.01. The molecule has 0 spiro atoms. The van der Waals surface area contributed by atoms with Gasteiger partial charge >= 0.3 is 0 Å². The average molecular weight is 187 g/mol. The Kier molecular flexibility index (Phi) is 3.13. The van der Waals surface area contributed by atoms with Gasteiger partial charge in [-0.3, -0.25) is 0 Å². The van der Waals surface area contributed by atoms with Crippen LogP contribution in [-0.2, 0) is 4.74 Å². The number of ether oxygens (including phenoxy) is 1. The molecule has 2 aliphatic rings. The molecule has 2 saturated heterocycles. The maximum absolute atomic E-state index is 9.54. The molecule has 13 heavy (non-hydrogen) atoms. The molecule has 0 aromatic heterocycles. The fraction of sp³-hybridized carbons (Fsp3) is 1.00. The van der Waals surface area contributed by atoms with Crippen molar-refractivity contribution in [2.24, 2.45) is 0 Å². The number of rotatable bonds is 2. The molecule has 3 N–H and O–H groups in total. The van der Waals surface area contributed by atoms with E-state index in [1.54, 1.807) is 0 Å². The van der Waals surface area contributed by atoms with E-state index in [0.29, 0.717) is 6.54 Å². The fourth-order valence-corrected chi connectivity index (χ4v) is 1.72. The number of aliphatic hydroxyl groups excluding tert-OH is 1. The fourth-order valence-electron chi connectivity index (χ4n) is 1.72. The SMILES string of the molecule is O[C@@H]1CNC[C@H]1NN1CCOCC1. The number of nitrogens with zero attached hydrogens (tertiary/aromatic N) is 1. The molecule has 2 fully saturated rings. The van der Waals surface area contributed by atoms with Crippen LogP contribution in [0.1, 0.15) is 0 Å². The van der Waals surface area contributed by atoms with E-state index in [-0.39, 0.29) is 12.1 Å². The first-order valence-electron chi connectivity index (χ1n) is 4.84. The summed E-state index contributed by atoms with van der Waals surface area (Å²) in [6, 6.07) is 0.165. The van der Waals surface area contributed by atoms with E-state index in [9.17, 15) is 5.11 Å². The van der Waals surface area contributed by atoms with Crippen molar-refractivity contribution < 1.29 is 9.84 Å². The molecular weight excluding hydrogens is 170 g/mol. The van der Waals surface area contributed by atoms with Crippen molar-refractivity contribution in [1.82, 2.24) is 15.8 Å². The summed E-state index contributed by atoms with van der Waals surface area (Å²) in [5, 5.41) is 14.8. The third-order valence-corrected chi connectivity index (χ3v) is 2.54. The zero-order valence-corrected chi connectivity index (χ0v) is 7.70. The molecule has 0 amide bonds. The van der Waals surface area contributed by atoms with Crippen LogP contribution in [0.3, 0.4) is 0 Å². The van der Waals surface area contributed by atoms with Crippen molar-refractivity contribution in [3.63, 3.8) is 0 Å². The maximum atomic E-state index is 9.54. The molecule has 2 rings (SSSR count). The first-order valence-corrected chi connectivity index (χ1v) is 4.84. The zero-order chi connectivity index (χ0) is 9.10. The molecule has 0 radical (unpaired) electrons. The van der Waals surface area contributed by atoms with Gasteiger partial charge in [-0.1, -0.05) is 0 Å². The van der Waals surface area contributed by atoms with Gasteiger partial charge in [0, 0.05) is 26.2 Å². The number of hydrazine groups is 1. The molecule has 2 heterocycles. The van der Waals surface area contributed by atoms with Crippen LogP contribution < -0.4 is 10.7 Å². The highest BCUT2D eigenvalue weighted by molar-refractivity contribution is 4.85. The van der Waals surface area contributed by atoms with Crippen LogP contribution >= 0.6 is 0 Å². The van der Waals surface area contributed by atoms with Gasteiger partial charge in [0.25, 0.3) is 0 Å². The summed E-state index contributed by atoms with van der Waals surface area (Å²) in [5.41, 5.74) is 3.31. The van der Waals surface area contributed by atoms with Crippen LogP contribution in [-0.4, -0.2) is 61.7 Å². The van der Waals surface area contributed by atoms with E-state index in [1.807, 2.05) is 0 Å². The predicted molar refractivity (Wildman–Crippen MR) is 48.2 cm³/mol. The molecule has 2 atom stereocenters. The Morgan fingerprint density at radius 2 is 2.08 bits per heavy atom. The second-order valence-corrected chi connectivity index (χ2v) is 3.56. The van der Waals surface area contributed by atoms with Crippen molar-refractivity contribution in [3.8, 4) is 0 Å². The number of hydrogen-bond donors (Lipinski definition) is 3. The molecule has 2 aliphatic heterocycles. The second-order valence-electron chi connectivity index (χ2n) is 3.56. The van der Waals surface area contributed by atoms with Gasteiger partial charge in [0.05, 0.1) is 25.4 Å². The summed E-state index contributed by atoms with van der Waals surface area (Å²) in [7, 11) is 0. The van der Waals surface area contributed by atoms with Gasteiger partial charge in [-0.05, 0) is 0 Å². The lowest BCUT2D eigenvalue weighted by molar-refractivity contribution is -0.00587. The number of aliphatic hydroxyl groups is 1. The van der Waals surface area contributed by atoms with E-state index < -0.39 is 0 Å². The molecule has 0 saturated carbocycles. The highest BCUT2D eigenvalue weighted by atomic mass is 16.5. The lowest BCUT2D eigenvalue weighted by atomic mass is 10.2. The lowest BCUT2D eigenvalue weighted by Gasteiger charge is -2.30. The van der Waals surface area contributed by atoms with Crippen molar-refractivity contribution in [2.45, 2.75) is 12.1 Å². The van der Waals surface area contributed by atoms with Gasteiger partial charge in [0.1, 0.15) is 0 Å². The quantitative estimate of drug-likeness (QED) is 0.474. The Bertz CT molecular complexity index is 161. The van der Waals surface area contributed by atoms with Gasteiger partial charge in [0.2, 0.25) is 0 Å². The maximum Gasteiger partial charge on any atom is 0.0843 e. The van der Waals surface area contributed by atoms with Gasteiger partial charge in [-0.15, -0.1) is 0 Å². The Morgan fingerprint density at radius 1 is 1.31 bits per heavy atom. The Hall–Kier alpha value is -0.200. The summed E-state index contributed by atoms with van der Waals surface area (Å²) in [6.45, 7) is 4.92. The van der Waals surface area contributed by atoms with Gasteiger partial charge < -0.3 is 15.2 Å². The van der Waals surface area contributed by atoms with Gasteiger partial charge in [-0.2, -0.15) is 0 Å². The molecule has 76 valence electrons. The summed E-state index contributed by atoms with van der Waals surface area (Å²) in [6.07, 6.45) is -0.261. The minimum absolute atomic E-state index is 0.165. The first-order chi connectivity index (χ1) is 6.36. The van der Waals surface area contributed by atoms with E-state index in [0.717, 1.165) is 32.8 Å². The highest BCUT2D eigenvalue weighted by Gasteiger charge is 2.26. The van der Waals surface area contributed by atoms with Crippen molar-refractivity contribution in [2.75, 3.05) is 39.4 Å². The van der Waals surface area contributed by atoms with Crippen LogP contribution in [0.5, 0.6) is 0 Å². The van der Waals surface area contributed by atoms with Crippen LogP contribution in [0.15, 0.2) is 0 Å². The number of nitrogens with one attached hydrogen (secondary N) is 2. The number of β-amino-alcohol motifs (C(OH)–C–C–N with tert-alkyl or cyclic N) is 1. The van der Waals surface area contributed by atoms with Crippen molar-refractivity contribution in [1.29, 1.82) is 0 Å². The normalized spacial score (nSPS) is 36.7. The summed E-state index contributed by atoms with van der Waals surface area (Å²) in [5.74, 6) is 0. The Labute approximate surface area is 78.0 Å². The molecule has 0 aliphatic carbocycles. The molecule has 0 aromatic rings. The van der Waals surface area contributed by atoms with E-state index in [4.69, 9.17) is 4.74 Å². The average Bonchev–Trinajstić information content (AvgIpc) is 2.54. The Morgan fingerprint density at radius 3 is 2.69 bits per heavy atom. The molecular formula is C8H17N3O2. The first kappa shape index (κ1) is 9.36. The van der Waals surface area contributed by atoms with E-state index in [2.05, 4.69) is 15.8 Å². The summed E-state index contributed by atoms with van der Waals surface area (Å²) < 4.78 is 5.23. The van der Waals surface area contributed by atoms with Crippen LogP contribution in [0, 0.1) is 0 Å². The third-order valence-electron chi connectivity index (χ3n) is 2.54.